The van der Waals surface area contributed by atoms with Crippen LogP contribution in [-0.2, 0) is 0 Å². The van der Waals surface area contributed by atoms with Crippen LogP contribution < -0.4 is 11.5 Å². The molecular weight excluding hydrogens is 120 g/mol. The molecule has 0 aromatic carbocycles. The molecule has 0 saturated heterocycles. The number of hydrogen-bond donors (Lipinski definition) is 2. The Kier molecular flexibility index (Phi) is 1.25. The van der Waals surface area contributed by atoms with E-state index in [2.05, 4.69) is 0 Å². The summed E-state index contributed by atoms with van der Waals surface area (Å²) in [5.74, 6) is 0. The fourth-order valence-electron chi connectivity index (χ4n) is 0.702. The van der Waals surface area contributed by atoms with Crippen molar-refractivity contribution in [2.75, 3.05) is 6.54 Å². The van der Waals surface area contributed by atoms with E-state index in [1.54, 1.807) is 0 Å². The average molecular weight is 130 g/mol. The standard InChI is InChI=1S/C5H10N2S/c6-3-5(1-2-5)4(7)8/h1-3,6H2,(H2,7,8). The van der Waals surface area contributed by atoms with Gasteiger partial charge in [0.05, 0.1) is 4.99 Å². The highest BCUT2D eigenvalue weighted by Crippen LogP contribution is 2.44. The molecule has 1 rings (SSSR count). The van der Waals surface area contributed by atoms with Gasteiger partial charge in [0.1, 0.15) is 0 Å². The zero-order valence-electron chi connectivity index (χ0n) is 4.68. The van der Waals surface area contributed by atoms with Crippen molar-refractivity contribution in [3.8, 4) is 0 Å². The molecule has 8 heavy (non-hydrogen) atoms. The van der Waals surface area contributed by atoms with E-state index in [9.17, 15) is 0 Å². The molecule has 0 radical (unpaired) electrons. The lowest BCUT2D eigenvalue weighted by molar-refractivity contribution is 0.717. The van der Waals surface area contributed by atoms with E-state index in [0.717, 1.165) is 12.8 Å². The second-order valence-electron chi connectivity index (χ2n) is 2.35. The third-order valence-electron chi connectivity index (χ3n) is 1.77. The van der Waals surface area contributed by atoms with Crippen molar-refractivity contribution < 1.29 is 0 Å². The predicted molar refractivity (Wildman–Crippen MR) is 37.5 cm³/mol. The highest BCUT2D eigenvalue weighted by atomic mass is 32.1. The number of thiocarbonyl (C=S) groups is 1. The normalized spacial score (nSPS) is 22.6. The van der Waals surface area contributed by atoms with E-state index in [0.29, 0.717) is 11.5 Å². The largest absolute Gasteiger partial charge is 0.393 e. The maximum Gasteiger partial charge on any atom is 0.0802 e. The van der Waals surface area contributed by atoms with Gasteiger partial charge in [-0.2, -0.15) is 0 Å². The fraction of sp³-hybridized carbons (Fsp3) is 0.800. The van der Waals surface area contributed by atoms with Gasteiger partial charge in [-0.05, 0) is 12.8 Å². The number of hydrogen-bond acceptors (Lipinski definition) is 2. The Morgan fingerprint density at radius 1 is 1.62 bits per heavy atom. The lowest BCUT2D eigenvalue weighted by Gasteiger charge is -2.07. The molecule has 0 heterocycles. The van der Waals surface area contributed by atoms with Crippen LogP contribution >= 0.6 is 12.2 Å². The van der Waals surface area contributed by atoms with Gasteiger partial charge in [-0.15, -0.1) is 0 Å². The monoisotopic (exact) mass is 130 g/mol. The van der Waals surface area contributed by atoms with Crippen molar-refractivity contribution in [1.29, 1.82) is 0 Å². The number of rotatable bonds is 2. The molecule has 0 atom stereocenters. The maximum atomic E-state index is 5.40. The van der Waals surface area contributed by atoms with Crippen molar-refractivity contribution in [3.63, 3.8) is 0 Å². The van der Waals surface area contributed by atoms with Crippen LogP contribution in [0.5, 0.6) is 0 Å². The van der Waals surface area contributed by atoms with Crippen LogP contribution in [0.1, 0.15) is 12.8 Å². The molecule has 0 unspecified atom stereocenters. The zero-order valence-corrected chi connectivity index (χ0v) is 5.50. The van der Waals surface area contributed by atoms with Crippen molar-refractivity contribution in [3.05, 3.63) is 0 Å². The van der Waals surface area contributed by atoms with Crippen molar-refractivity contribution in [1.82, 2.24) is 0 Å². The van der Waals surface area contributed by atoms with Crippen molar-refractivity contribution >= 4 is 17.2 Å². The third kappa shape index (κ3) is 0.717. The Morgan fingerprint density at radius 3 is 2.12 bits per heavy atom. The molecule has 46 valence electrons. The van der Waals surface area contributed by atoms with E-state index >= 15 is 0 Å². The molecule has 1 aliphatic carbocycles. The molecule has 1 saturated carbocycles. The molecule has 0 spiro atoms. The minimum atomic E-state index is 0.0787. The van der Waals surface area contributed by atoms with Gasteiger partial charge in [-0.25, -0.2) is 0 Å². The van der Waals surface area contributed by atoms with Crippen molar-refractivity contribution in [2.24, 2.45) is 16.9 Å². The van der Waals surface area contributed by atoms with Crippen LogP contribution in [0.3, 0.4) is 0 Å². The summed E-state index contributed by atoms with van der Waals surface area (Å²) in [6.07, 6.45) is 2.19. The van der Waals surface area contributed by atoms with E-state index < -0.39 is 0 Å². The molecule has 0 aliphatic heterocycles. The lowest BCUT2D eigenvalue weighted by atomic mass is 10.1. The second-order valence-corrected chi connectivity index (χ2v) is 2.79. The van der Waals surface area contributed by atoms with Crippen LogP contribution in [0.4, 0.5) is 0 Å². The highest BCUT2D eigenvalue weighted by molar-refractivity contribution is 7.80. The van der Waals surface area contributed by atoms with Gasteiger partial charge >= 0.3 is 0 Å². The minimum Gasteiger partial charge on any atom is -0.393 e. The first-order valence-corrected chi connectivity index (χ1v) is 3.12. The molecule has 1 fully saturated rings. The molecule has 2 nitrogen and oxygen atoms in total. The summed E-state index contributed by atoms with van der Waals surface area (Å²) >= 11 is 4.79. The molecule has 0 aromatic heterocycles. The van der Waals surface area contributed by atoms with E-state index in [1.165, 1.54) is 0 Å². The van der Waals surface area contributed by atoms with Crippen LogP contribution in [0.2, 0.25) is 0 Å². The van der Waals surface area contributed by atoms with Gasteiger partial charge in [0.25, 0.3) is 0 Å². The Hall–Kier alpha value is -0.150. The summed E-state index contributed by atoms with van der Waals surface area (Å²) in [6.45, 7) is 0.627. The Labute approximate surface area is 54.2 Å². The summed E-state index contributed by atoms with van der Waals surface area (Å²) in [4.78, 5) is 0.597. The van der Waals surface area contributed by atoms with Crippen molar-refractivity contribution in [2.45, 2.75) is 12.8 Å². The second kappa shape index (κ2) is 1.67. The quantitative estimate of drug-likeness (QED) is 0.518. The molecule has 0 amide bonds. The first-order valence-electron chi connectivity index (χ1n) is 2.71. The lowest BCUT2D eigenvalue weighted by Crippen LogP contribution is -2.29. The van der Waals surface area contributed by atoms with Gasteiger partial charge in [0, 0.05) is 12.0 Å². The topological polar surface area (TPSA) is 52.0 Å². The summed E-state index contributed by atoms with van der Waals surface area (Å²) in [5, 5.41) is 0. The smallest absolute Gasteiger partial charge is 0.0802 e. The first kappa shape index (κ1) is 5.98. The van der Waals surface area contributed by atoms with Gasteiger partial charge in [0.15, 0.2) is 0 Å². The molecule has 1 aliphatic rings. The predicted octanol–water partition coefficient (Wildman–Crippen LogP) is 0.0114. The maximum absolute atomic E-state index is 5.40. The van der Waals surface area contributed by atoms with Crippen LogP contribution in [0, 0.1) is 5.41 Å². The summed E-state index contributed by atoms with van der Waals surface area (Å²) in [5.41, 5.74) is 10.9. The molecular formula is C5H10N2S. The molecule has 0 aromatic rings. The SMILES string of the molecule is NCC1(C(N)=S)CC1. The van der Waals surface area contributed by atoms with Gasteiger partial charge in [-0.1, -0.05) is 12.2 Å². The van der Waals surface area contributed by atoms with Gasteiger partial charge < -0.3 is 11.5 Å². The molecule has 3 heteroatoms. The Morgan fingerprint density at radius 2 is 2.12 bits per heavy atom. The van der Waals surface area contributed by atoms with E-state index in [1.807, 2.05) is 0 Å². The zero-order chi connectivity index (χ0) is 6.20. The summed E-state index contributed by atoms with van der Waals surface area (Å²) in [7, 11) is 0. The van der Waals surface area contributed by atoms with Gasteiger partial charge in [-0.3, -0.25) is 0 Å². The highest BCUT2D eigenvalue weighted by Gasteiger charge is 2.43. The molecule has 4 N–H and O–H groups in total. The van der Waals surface area contributed by atoms with Crippen LogP contribution in [-0.4, -0.2) is 11.5 Å². The summed E-state index contributed by atoms with van der Waals surface area (Å²) in [6, 6.07) is 0. The van der Waals surface area contributed by atoms with Gasteiger partial charge in [0.2, 0.25) is 0 Å². The third-order valence-corrected chi connectivity index (χ3v) is 2.20. The number of nitrogens with two attached hydrogens (primary N) is 2. The van der Waals surface area contributed by atoms with Crippen LogP contribution in [0.25, 0.3) is 0 Å². The Bertz CT molecular complexity index is 118. The Balaban J connectivity index is 2.53. The summed E-state index contributed by atoms with van der Waals surface area (Å²) < 4.78 is 0. The average Bonchev–Trinajstić information content (AvgIpc) is 2.44. The van der Waals surface area contributed by atoms with Crippen LogP contribution in [0.15, 0.2) is 0 Å². The van der Waals surface area contributed by atoms with E-state index in [4.69, 9.17) is 23.7 Å². The first-order chi connectivity index (χ1) is 3.71. The van der Waals surface area contributed by atoms with E-state index in [-0.39, 0.29) is 5.41 Å². The fourth-order valence-corrected chi connectivity index (χ4v) is 0.989. The molecule has 0 bridgehead atoms. The minimum absolute atomic E-state index is 0.0787.